The molecule has 0 bridgehead atoms. The Morgan fingerprint density at radius 1 is 1.06 bits per heavy atom. The molecule has 1 aliphatic rings. The summed E-state index contributed by atoms with van der Waals surface area (Å²) in [5, 5.41) is 0. The van der Waals surface area contributed by atoms with Gasteiger partial charge in [0, 0.05) is 11.4 Å². The van der Waals surface area contributed by atoms with Crippen LogP contribution in [-0.2, 0) is 12.8 Å². The van der Waals surface area contributed by atoms with Crippen molar-refractivity contribution in [1.82, 2.24) is 4.98 Å². The second kappa shape index (κ2) is 7.52. The zero-order valence-corrected chi connectivity index (χ0v) is 11.4. The average Bonchev–Trinajstić information content (AvgIpc) is 2.44. The van der Waals surface area contributed by atoms with Gasteiger partial charge >= 0.3 is 0 Å². The molecule has 1 saturated carbocycles. The van der Waals surface area contributed by atoms with E-state index in [0.717, 1.165) is 31.7 Å². The highest BCUT2D eigenvalue weighted by atomic mass is 14.7. The summed E-state index contributed by atoms with van der Waals surface area (Å²) in [5.41, 5.74) is 8.03. The minimum atomic E-state index is 0.758. The summed E-state index contributed by atoms with van der Waals surface area (Å²) >= 11 is 0. The maximum Gasteiger partial charge on any atom is 0.0407 e. The molecule has 18 heavy (non-hydrogen) atoms. The lowest BCUT2D eigenvalue weighted by Gasteiger charge is -2.21. The molecular formula is C16H26N2. The van der Waals surface area contributed by atoms with Crippen LogP contribution in [0.5, 0.6) is 0 Å². The highest BCUT2D eigenvalue weighted by molar-refractivity contribution is 5.11. The summed E-state index contributed by atoms with van der Waals surface area (Å²) in [6.45, 7) is 0.758. The summed E-state index contributed by atoms with van der Waals surface area (Å²) in [6.07, 6.45) is 11.7. The summed E-state index contributed by atoms with van der Waals surface area (Å²) < 4.78 is 0. The van der Waals surface area contributed by atoms with Crippen molar-refractivity contribution in [2.75, 3.05) is 6.54 Å². The highest BCUT2D eigenvalue weighted by Gasteiger charge is 2.13. The van der Waals surface area contributed by atoms with Crippen molar-refractivity contribution >= 4 is 0 Å². The van der Waals surface area contributed by atoms with Crippen molar-refractivity contribution in [2.45, 2.75) is 57.8 Å². The largest absolute Gasteiger partial charge is 0.330 e. The zero-order valence-electron chi connectivity index (χ0n) is 11.4. The first kappa shape index (κ1) is 13.5. The molecule has 2 rings (SSSR count). The normalized spacial score (nSPS) is 16.9. The number of nitrogens with zero attached hydrogens (tertiary/aromatic N) is 1. The van der Waals surface area contributed by atoms with Gasteiger partial charge < -0.3 is 5.73 Å². The van der Waals surface area contributed by atoms with E-state index in [1.165, 1.54) is 49.9 Å². The van der Waals surface area contributed by atoms with Gasteiger partial charge in [-0.3, -0.25) is 4.98 Å². The fourth-order valence-corrected chi connectivity index (χ4v) is 2.92. The Hall–Kier alpha value is -0.890. The number of hydrogen-bond donors (Lipinski definition) is 1. The average molecular weight is 246 g/mol. The summed E-state index contributed by atoms with van der Waals surface area (Å²) in [5.74, 6) is 0.952. The number of pyridine rings is 1. The molecule has 0 radical (unpaired) electrons. The topological polar surface area (TPSA) is 38.9 Å². The van der Waals surface area contributed by atoms with Crippen molar-refractivity contribution in [2.24, 2.45) is 11.7 Å². The fourth-order valence-electron chi connectivity index (χ4n) is 2.92. The van der Waals surface area contributed by atoms with Gasteiger partial charge in [-0.05, 0) is 50.3 Å². The molecule has 0 spiro atoms. The molecule has 100 valence electrons. The van der Waals surface area contributed by atoms with Crippen molar-refractivity contribution in [3.8, 4) is 0 Å². The van der Waals surface area contributed by atoms with Crippen LogP contribution in [-0.4, -0.2) is 11.5 Å². The Kier molecular flexibility index (Phi) is 5.66. The van der Waals surface area contributed by atoms with Crippen molar-refractivity contribution < 1.29 is 0 Å². The van der Waals surface area contributed by atoms with Crippen molar-refractivity contribution in [1.29, 1.82) is 0 Å². The van der Waals surface area contributed by atoms with Gasteiger partial charge in [0.2, 0.25) is 0 Å². The lowest BCUT2D eigenvalue weighted by molar-refractivity contribution is 0.338. The van der Waals surface area contributed by atoms with Crippen LogP contribution in [0.15, 0.2) is 18.2 Å². The number of aromatic nitrogens is 1. The van der Waals surface area contributed by atoms with Crippen LogP contribution < -0.4 is 5.73 Å². The van der Waals surface area contributed by atoms with Gasteiger partial charge in [-0.25, -0.2) is 0 Å². The van der Waals surface area contributed by atoms with Crippen LogP contribution in [0, 0.1) is 5.92 Å². The zero-order chi connectivity index (χ0) is 12.6. The molecule has 2 N–H and O–H groups in total. The maximum atomic E-state index is 5.54. The quantitative estimate of drug-likeness (QED) is 0.834. The summed E-state index contributed by atoms with van der Waals surface area (Å²) in [7, 11) is 0. The minimum absolute atomic E-state index is 0.758. The monoisotopic (exact) mass is 246 g/mol. The van der Waals surface area contributed by atoms with E-state index in [0.29, 0.717) is 0 Å². The number of nitrogens with two attached hydrogens (primary N) is 1. The number of aryl methyl sites for hydroxylation is 2. The fraction of sp³-hybridized carbons (Fsp3) is 0.688. The lowest BCUT2D eigenvalue weighted by Crippen LogP contribution is -2.08. The van der Waals surface area contributed by atoms with Crippen LogP contribution in [0.1, 0.15) is 56.3 Å². The third kappa shape index (κ3) is 4.41. The van der Waals surface area contributed by atoms with Crippen LogP contribution in [0.4, 0.5) is 0 Å². The van der Waals surface area contributed by atoms with Gasteiger partial charge in [0.25, 0.3) is 0 Å². The van der Waals surface area contributed by atoms with Crippen LogP contribution in [0.25, 0.3) is 0 Å². The predicted octanol–water partition coefficient (Wildman–Crippen LogP) is 3.49. The Morgan fingerprint density at radius 3 is 2.50 bits per heavy atom. The van der Waals surface area contributed by atoms with Crippen molar-refractivity contribution in [3.63, 3.8) is 0 Å². The Bertz CT molecular complexity index is 343. The highest BCUT2D eigenvalue weighted by Crippen LogP contribution is 2.27. The lowest BCUT2D eigenvalue weighted by atomic mass is 9.86. The van der Waals surface area contributed by atoms with Gasteiger partial charge in [0.15, 0.2) is 0 Å². The third-order valence-electron chi connectivity index (χ3n) is 4.03. The standard InChI is InChI=1S/C16H26N2/c17-13-5-10-15-8-4-9-16(18-15)12-11-14-6-2-1-3-7-14/h4,8-9,14H,1-3,5-7,10-13,17H2. The van der Waals surface area contributed by atoms with E-state index in [1.54, 1.807) is 0 Å². The van der Waals surface area contributed by atoms with E-state index in [1.807, 2.05) is 0 Å². The molecule has 0 atom stereocenters. The van der Waals surface area contributed by atoms with E-state index in [9.17, 15) is 0 Å². The van der Waals surface area contributed by atoms with Gasteiger partial charge in [0.1, 0.15) is 0 Å². The smallest absolute Gasteiger partial charge is 0.0407 e. The number of rotatable bonds is 6. The van der Waals surface area contributed by atoms with Crippen LogP contribution >= 0.6 is 0 Å². The Labute approximate surface area is 111 Å². The van der Waals surface area contributed by atoms with E-state index < -0.39 is 0 Å². The molecule has 2 heteroatoms. The molecule has 1 fully saturated rings. The molecule has 0 unspecified atom stereocenters. The van der Waals surface area contributed by atoms with Gasteiger partial charge in [-0.1, -0.05) is 38.2 Å². The first-order valence-electron chi connectivity index (χ1n) is 7.53. The van der Waals surface area contributed by atoms with Crippen LogP contribution in [0.3, 0.4) is 0 Å². The molecular weight excluding hydrogens is 220 g/mol. The Morgan fingerprint density at radius 2 is 1.78 bits per heavy atom. The van der Waals surface area contributed by atoms with Crippen LogP contribution in [0.2, 0.25) is 0 Å². The van der Waals surface area contributed by atoms with E-state index >= 15 is 0 Å². The molecule has 2 nitrogen and oxygen atoms in total. The molecule has 0 saturated heterocycles. The molecule has 1 aromatic heterocycles. The first-order valence-corrected chi connectivity index (χ1v) is 7.53. The third-order valence-corrected chi connectivity index (χ3v) is 4.03. The second-order valence-electron chi connectivity index (χ2n) is 5.56. The predicted molar refractivity (Wildman–Crippen MR) is 76.5 cm³/mol. The molecule has 0 aliphatic heterocycles. The van der Waals surface area contributed by atoms with Gasteiger partial charge in [-0.2, -0.15) is 0 Å². The second-order valence-corrected chi connectivity index (χ2v) is 5.56. The van der Waals surface area contributed by atoms with E-state index in [4.69, 9.17) is 10.7 Å². The maximum absolute atomic E-state index is 5.54. The van der Waals surface area contributed by atoms with E-state index in [-0.39, 0.29) is 0 Å². The molecule has 1 aliphatic carbocycles. The minimum Gasteiger partial charge on any atom is -0.330 e. The molecule has 1 aromatic rings. The number of hydrogen-bond acceptors (Lipinski definition) is 2. The Balaban J connectivity index is 1.80. The SMILES string of the molecule is NCCCc1cccc(CCC2CCCCC2)n1. The summed E-state index contributed by atoms with van der Waals surface area (Å²) in [4.78, 5) is 4.74. The summed E-state index contributed by atoms with van der Waals surface area (Å²) in [6, 6.07) is 6.45. The molecule has 1 heterocycles. The molecule has 0 amide bonds. The molecule has 0 aromatic carbocycles. The van der Waals surface area contributed by atoms with Crippen molar-refractivity contribution in [3.05, 3.63) is 29.6 Å². The van der Waals surface area contributed by atoms with Gasteiger partial charge in [-0.15, -0.1) is 0 Å². The first-order chi connectivity index (χ1) is 8.88. The van der Waals surface area contributed by atoms with Gasteiger partial charge in [0.05, 0.1) is 0 Å². The van der Waals surface area contributed by atoms with E-state index in [2.05, 4.69) is 18.2 Å².